The smallest absolute Gasteiger partial charge is 0.235 e. The van der Waals surface area contributed by atoms with Crippen LogP contribution >= 0.6 is 0 Å². The fourth-order valence-electron chi connectivity index (χ4n) is 1.17. The molecule has 0 bridgehead atoms. The van der Waals surface area contributed by atoms with Gasteiger partial charge in [0.15, 0.2) is 0 Å². The molecule has 0 aromatic carbocycles. The highest BCUT2D eigenvalue weighted by Gasteiger charge is 2.22. The van der Waals surface area contributed by atoms with Crippen LogP contribution in [0, 0.1) is 0 Å². The Labute approximate surface area is 97.0 Å². The molecular weight excluding hydrogens is 232 g/mol. The summed E-state index contributed by atoms with van der Waals surface area (Å²) in [4.78, 5) is 11.4. The average molecular weight is 252 g/mol. The predicted molar refractivity (Wildman–Crippen MR) is 61.6 cm³/mol. The summed E-state index contributed by atoms with van der Waals surface area (Å²) in [5.74, 6) is -0.323. The normalized spacial score (nSPS) is 12.1. The molecular formula is C9H20N2O4S. The zero-order valence-corrected chi connectivity index (χ0v) is 11.0. The summed E-state index contributed by atoms with van der Waals surface area (Å²) < 4.78 is 28.6. The third-order valence-electron chi connectivity index (χ3n) is 1.93. The van der Waals surface area contributed by atoms with Crippen LogP contribution < -0.4 is 5.32 Å². The third-order valence-corrected chi connectivity index (χ3v) is 3.33. The van der Waals surface area contributed by atoms with Crippen molar-refractivity contribution in [1.29, 1.82) is 0 Å². The molecule has 0 saturated carbocycles. The highest BCUT2D eigenvalue weighted by Crippen LogP contribution is 2.03. The van der Waals surface area contributed by atoms with Gasteiger partial charge in [0, 0.05) is 19.7 Å². The highest BCUT2D eigenvalue weighted by molar-refractivity contribution is 7.88. The van der Waals surface area contributed by atoms with Crippen LogP contribution in [-0.4, -0.2) is 57.7 Å². The molecule has 0 spiro atoms. The lowest BCUT2D eigenvalue weighted by molar-refractivity contribution is -0.121. The minimum absolute atomic E-state index is 0.153. The average Bonchev–Trinajstić information content (AvgIpc) is 2.12. The van der Waals surface area contributed by atoms with E-state index in [4.69, 9.17) is 4.74 Å². The maximum absolute atomic E-state index is 11.4. The van der Waals surface area contributed by atoms with E-state index < -0.39 is 10.0 Å². The van der Waals surface area contributed by atoms with Crippen molar-refractivity contribution in [2.24, 2.45) is 0 Å². The van der Waals surface area contributed by atoms with Crippen LogP contribution in [-0.2, 0) is 19.6 Å². The molecule has 1 N–H and O–H groups in total. The molecule has 0 atom stereocenters. The Balaban J connectivity index is 4.27. The summed E-state index contributed by atoms with van der Waals surface area (Å²) in [6.07, 6.45) is 1.09. The van der Waals surface area contributed by atoms with E-state index in [9.17, 15) is 13.2 Å². The SMILES string of the molecule is COCCNC(=O)CN(C(C)C)S(C)(=O)=O. The molecule has 0 fully saturated rings. The van der Waals surface area contributed by atoms with Gasteiger partial charge in [0.1, 0.15) is 0 Å². The Morgan fingerprint density at radius 2 is 2.00 bits per heavy atom. The summed E-state index contributed by atoms with van der Waals surface area (Å²) >= 11 is 0. The number of sulfonamides is 1. The van der Waals surface area contributed by atoms with Gasteiger partial charge in [0.2, 0.25) is 15.9 Å². The molecule has 0 aliphatic rings. The van der Waals surface area contributed by atoms with Crippen LogP contribution in [0.4, 0.5) is 0 Å². The van der Waals surface area contributed by atoms with Gasteiger partial charge in [0.25, 0.3) is 0 Å². The number of hydrogen-bond acceptors (Lipinski definition) is 4. The molecule has 0 unspecified atom stereocenters. The first-order valence-electron chi connectivity index (χ1n) is 5.01. The molecule has 0 aliphatic carbocycles. The van der Waals surface area contributed by atoms with Crippen molar-refractivity contribution < 1.29 is 17.9 Å². The first kappa shape index (κ1) is 15.3. The van der Waals surface area contributed by atoms with Crippen molar-refractivity contribution in [3.8, 4) is 0 Å². The number of ether oxygens (including phenoxy) is 1. The van der Waals surface area contributed by atoms with Gasteiger partial charge >= 0.3 is 0 Å². The van der Waals surface area contributed by atoms with E-state index in [0.717, 1.165) is 10.6 Å². The summed E-state index contributed by atoms with van der Waals surface area (Å²) in [5, 5.41) is 2.57. The Morgan fingerprint density at radius 1 is 1.44 bits per heavy atom. The van der Waals surface area contributed by atoms with Crippen molar-refractivity contribution in [1.82, 2.24) is 9.62 Å². The van der Waals surface area contributed by atoms with Gasteiger partial charge in [-0.2, -0.15) is 4.31 Å². The van der Waals surface area contributed by atoms with Crippen molar-refractivity contribution in [3.05, 3.63) is 0 Å². The lowest BCUT2D eigenvalue weighted by Crippen LogP contribution is -2.44. The van der Waals surface area contributed by atoms with Gasteiger partial charge in [-0.25, -0.2) is 8.42 Å². The van der Waals surface area contributed by atoms with Gasteiger partial charge in [-0.05, 0) is 13.8 Å². The lowest BCUT2D eigenvalue weighted by atomic mass is 10.4. The van der Waals surface area contributed by atoms with Crippen molar-refractivity contribution in [2.75, 3.05) is 33.1 Å². The van der Waals surface area contributed by atoms with Crippen molar-refractivity contribution in [2.45, 2.75) is 19.9 Å². The number of carbonyl (C=O) groups is 1. The molecule has 0 rings (SSSR count). The van der Waals surface area contributed by atoms with Crippen LogP contribution in [0.15, 0.2) is 0 Å². The number of methoxy groups -OCH3 is 1. The van der Waals surface area contributed by atoms with Crippen LogP contribution in [0.2, 0.25) is 0 Å². The first-order valence-corrected chi connectivity index (χ1v) is 6.86. The first-order chi connectivity index (χ1) is 7.29. The molecule has 0 aliphatic heterocycles. The van der Waals surface area contributed by atoms with E-state index in [1.807, 2.05) is 0 Å². The quantitative estimate of drug-likeness (QED) is 0.615. The maximum Gasteiger partial charge on any atom is 0.235 e. The van der Waals surface area contributed by atoms with Crippen LogP contribution in [0.5, 0.6) is 0 Å². The second-order valence-electron chi connectivity index (χ2n) is 3.74. The predicted octanol–water partition coefficient (Wildman–Crippen LogP) is -0.581. The number of amides is 1. The Bertz CT molecular complexity index is 313. The molecule has 0 saturated heterocycles. The zero-order valence-electron chi connectivity index (χ0n) is 10.2. The monoisotopic (exact) mass is 252 g/mol. The van der Waals surface area contributed by atoms with Gasteiger partial charge in [-0.1, -0.05) is 0 Å². The van der Waals surface area contributed by atoms with Crippen LogP contribution in [0.1, 0.15) is 13.8 Å². The summed E-state index contributed by atoms with van der Waals surface area (Å²) in [6, 6.07) is -0.233. The molecule has 16 heavy (non-hydrogen) atoms. The largest absolute Gasteiger partial charge is 0.383 e. The number of nitrogens with zero attached hydrogens (tertiary/aromatic N) is 1. The Kier molecular flexibility index (Phi) is 6.54. The van der Waals surface area contributed by atoms with Crippen molar-refractivity contribution in [3.63, 3.8) is 0 Å². The van der Waals surface area contributed by atoms with Gasteiger partial charge in [-0.15, -0.1) is 0 Å². The number of nitrogens with one attached hydrogen (secondary N) is 1. The second kappa shape index (κ2) is 6.82. The topological polar surface area (TPSA) is 75.7 Å². The third kappa shape index (κ3) is 6.04. The minimum Gasteiger partial charge on any atom is -0.383 e. The number of carbonyl (C=O) groups excluding carboxylic acids is 1. The summed E-state index contributed by atoms with van der Waals surface area (Å²) in [6.45, 7) is 4.09. The van der Waals surface area contributed by atoms with Gasteiger partial charge in [-0.3, -0.25) is 4.79 Å². The second-order valence-corrected chi connectivity index (χ2v) is 5.68. The van der Waals surface area contributed by atoms with Crippen LogP contribution in [0.25, 0.3) is 0 Å². The van der Waals surface area contributed by atoms with E-state index in [1.54, 1.807) is 13.8 Å². The van der Waals surface area contributed by atoms with E-state index in [-0.39, 0.29) is 18.5 Å². The molecule has 1 amide bonds. The van der Waals surface area contributed by atoms with E-state index in [0.29, 0.717) is 13.2 Å². The van der Waals surface area contributed by atoms with Gasteiger partial charge < -0.3 is 10.1 Å². The zero-order chi connectivity index (χ0) is 12.8. The summed E-state index contributed by atoms with van der Waals surface area (Å²) in [7, 11) is -1.82. The standard InChI is InChI=1S/C9H20N2O4S/c1-8(2)11(16(4,13)14)7-9(12)10-5-6-15-3/h8H,5-7H2,1-4H3,(H,10,12). The number of hydrogen-bond donors (Lipinski definition) is 1. The number of rotatable bonds is 7. The minimum atomic E-state index is -3.35. The molecule has 7 heteroatoms. The molecule has 6 nitrogen and oxygen atoms in total. The lowest BCUT2D eigenvalue weighted by Gasteiger charge is -2.23. The molecule has 0 radical (unpaired) electrons. The highest BCUT2D eigenvalue weighted by atomic mass is 32.2. The van der Waals surface area contributed by atoms with Crippen molar-refractivity contribution >= 4 is 15.9 Å². The fourth-order valence-corrected chi connectivity index (χ4v) is 2.29. The Morgan fingerprint density at radius 3 is 2.38 bits per heavy atom. The van der Waals surface area contributed by atoms with Crippen LogP contribution in [0.3, 0.4) is 0 Å². The summed E-state index contributed by atoms with van der Waals surface area (Å²) in [5.41, 5.74) is 0. The van der Waals surface area contributed by atoms with Gasteiger partial charge in [0.05, 0.1) is 19.4 Å². The maximum atomic E-state index is 11.4. The molecule has 96 valence electrons. The molecule has 0 heterocycles. The fraction of sp³-hybridized carbons (Fsp3) is 0.889. The van der Waals surface area contributed by atoms with E-state index >= 15 is 0 Å². The van der Waals surface area contributed by atoms with E-state index in [2.05, 4.69) is 5.32 Å². The molecule has 0 aromatic rings. The van der Waals surface area contributed by atoms with E-state index in [1.165, 1.54) is 7.11 Å². The Hall–Kier alpha value is -0.660. The molecule has 0 aromatic heterocycles.